The van der Waals surface area contributed by atoms with Gasteiger partial charge in [-0.25, -0.2) is 4.39 Å². The Labute approximate surface area is 157 Å². The summed E-state index contributed by atoms with van der Waals surface area (Å²) in [6.07, 6.45) is 0. The summed E-state index contributed by atoms with van der Waals surface area (Å²) < 4.78 is 13.0. The van der Waals surface area contributed by atoms with Gasteiger partial charge in [-0.2, -0.15) is 0 Å². The fraction of sp³-hybridized carbons (Fsp3) is 0.0909. The summed E-state index contributed by atoms with van der Waals surface area (Å²) in [4.78, 5) is 24.7. The van der Waals surface area contributed by atoms with Crippen LogP contribution in [-0.4, -0.2) is 11.8 Å². The van der Waals surface area contributed by atoms with Crippen molar-refractivity contribution >= 4 is 17.5 Å². The quantitative estimate of drug-likeness (QED) is 0.698. The highest BCUT2D eigenvalue weighted by molar-refractivity contribution is 6.05. The average Bonchev–Trinajstić information content (AvgIpc) is 2.69. The highest BCUT2D eigenvalue weighted by atomic mass is 19.1. The summed E-state index contributed by atoms with van der Waals surface area (Å²) in [6, 6.07) is 21.5. The van der Waals surface area contributed by atoms with Crippen molar-refractivity contribution in [3.05, 3.63) is 101 Å². The van der Waals surface area contributed by atoms with E-state index in [4.69, 9.17) is 0 Å². The van der Waals surface area contributed by atoms with Gasteiger partial charge in [0.2, 0.25) is 0 Å². The number of nitrogens with one attached hydrogen (secondary N) is 2. The zero-order chi connectivity index (χ0) is 19.2. The van der Waals surface area contributed by atoms with E-state index in [1.54, 1.807) is 24.3 Å². The SMILES string of the molecule is CC(NC(=O)c1cccc(NC(=O)c2ccc(F)cc2)c1)c1ccccc1. The van der Waals surface area contributed by atoms with Crippen LogP contribution < -0.4 is 10.6 Å². The number of halogens is 1. The fourth-order valence-corrected chi connectivity index (χ4v) is 2.65. The minimum absolute atomic E-state index is 0.142. The Morgan fingerprint density at radius 2 is 1.52 bits per heavy atom. The molecule has 3 aromatic carbocycles. The molecule has 5 heteroatoms. The molecule has 0 radical (unpaired) electrons. The molecule has 0 heterocycles. The zero-order valence-electron chi connectivity index (χ0n) is 14.8. The molecule has 0 bridgehead atoms. The first-order valence-corrected chi connectivity index (χ1v) is 8.56. The van der Waals surface area contributed by atoms with Gasteiger partial charge < -0.3 is 10.6 Å². The predicted molar refractivity (Wildman–Crippen MR) is 103 cm³/mol. The van der Waals surface area contributed by atoms with Gasteiger partial charge in [-0.05, 0) is 55.0 Å². The van der Waals surface area contributed by atoms with Crippen molar-refractivity contribution in [2.45, 2.75) is 13.0 Å². The average molecular weight is 362 g/mol. The summed E-state index contributed by atoms with van der Waals surface area (Å²) in [5.74, 6) is -1.01. The number of anilines is 1. The molecule has 0 aliphatic carbocycles. The molecule has 0 aliphatic heterocycles. The minimum atomic E-state index is -0.405. The smallest absolute Gasteiger partial charge is 0.255 e. The number of hydrogen-bond donors (Lipinski definition) is 2. The van der Waals surface area contributed by atoms with Crippen molar-refractivity contribution in [2.24, 2.45) is 0 Å². The van der Waals surface area contributed by atoms with Gasteiger partial charge in [0, 0.05) is 16.8 Å². The van der Waals surface area contributed by atoms with Gasteiger partial charge >= 0.3 is 0 Å². The topological polar surface area (TPSA) is 58.2 Å². The standard InChI is InChI=1S/C22H19FN2O2/c1-15(16-6-3-2-4-7-16)24-22(27)18-8-5-9-20(14-18)25-21(26)17-10-12-19(23)13-11-17/h2-15H,1H3,(H,24,27)(H,25,26). The van der Waals surface area contributed by atoms with Gasteiger partial charge in [-0.15, -0.1) is 0 Å². The molecule has 0 fully saturated rings. The van der Waals surface area contributed by atoms with Crippen LogP contribution in [-0.2, 0) is 0 Å². The number of amides is 2. The van der Waals surface area contributed by atoms with E-state index < -0.39 is 5.82 Å². The maximum Gasteiger partial charge on any atom is 0.255 e. The van der Waals surface area contributed by atoms with E-state index in [-0.39, 0.29) is 17.9 Å². The van der Waals surface area contributed by atoms with Crippen LogP contribution in [0.4, 0.5) is 10.1 Å². The van der Waals surface area contributed by atoms with Crippen molar-refractivity contribution in [1.82, 2.24) is 5.32 Å². The highest BCUT2D eigenvalue weighted by Gasteiger charge is 2.13. The second kappa shape index (κ2) is 8.27. The largest absolute Gasteiger partial charge is 0.346 e. The van der Waals surface area contributed by atoms with E-state index in [1.165, 1.54) is 24.3 Å². The Bertz CT molecular complexity index is 940. The van der Waals surface area contributed by atoms with E-state index >= 15 is 0 Å². The second-order valence-corrected chi connectivity index (χ2v) is 6.15. The Kier molecular flexibility index (Phi) is 5.61. The lowest BCUT2D eigenvalue weighted by Crippen LogP contribution is -2.26. The maximum absolute atomic E-state index is 13.0. The van der Waals surface area contributed by atoms with E-state index in [0.29, 0.717) is 16.8 Å². The molecule has 0 spiro atoms. The summed E-state index contributed by atoms with van der Waals surface area (Å²) in [5.41, 5.74) is 2.27. The molecular weight excluding hydrogens is 343 g/mol. The molecule has 1 unspecified atom stereocenters. The molecule has 0 aliphatic rings. The van der Waals surface area contributed by atoms with E-state index in [1.807, 2.05) is 37.3 Å². The molecular formula is C22H19FN2O2. The summed E-state index contributed by atoms with van der Waals surface area (Å²) >= 11 is 0. The lowest BCUT2D eigenvalue weighted by molar-refractivity contribution is 0.0938. The highest BCUT2D eigenvalue weighted by Crippen LogP contribution is 2.16. The third-order valence-electron chi connectivity index (χ3n) is 4.14. The third-order valence-corrected chi connectivity index (χ3v) is 4.14. The number of rotatable bonds is 5. The van der Waals surface area contributed by atoms with Crippen LogP contribution in [0.2, 0.25) is 0 Å². The van der Waals surface area contributed by atoms with E-state index in [9.17, 15) is 14.0 Å². The second-order valence-electron chi connectivity index (χ2n) is 6.15. The van der Waals surface area contributed by atoms with Gasteiger partial charge in [0.15, 0.2) is 0 Å². The minimum Gasteiger partial charge on any atom is -0.346 e. The van der Waals surface area contributed by atoms with Gasteiger partial charge in [0.1, 0.15) is 5.82 Å². The van der Waals surface area contributed by atoms with Crippen molar-refractivity contribution in [2.75, 3.05) is 5.32 Å². The van der Waals surface area contributed by atoms with Crippen LogP contribution in [0, 0.1) is 5.82 Å². The van der Waals surface area contributed by atoms with Crippen LogP contribution in [0.15, 0.2) is 78.9 Å². The normalized spacial score (nSPS) is 11.5. The molecule has 0 saturated heterocycles. The van der Waals surface area contributed by atoms with Gasteiger partial charge in [0.25, 0.3) is 11.8 Å². The molecule has 3 aromatic rings. The van der Waals surface area contributed by atoms with Crippen molar-refractivity contribution < 1.29 is 14.0 Å². The predicted octanol–water partition coefficient (Wildman–Crippen LogP) is 4.57. The Morgan fingerprint density at radius 3 is 2.22 bits per heavy atom. The zero-order valence-corrected chi connectivity index (χ0v) is 14.8. The molecule has 3 rings (SSSR count). The first kappa shape index (κ1) is 18.3. The third kappa shape index (κ3) is 4.79. The summed E-state index contributed by atoms with van der Waals surface area (Å²) in [5, 5.41) is 5.65. The molecule has 2 N–H and O–H groups in total. The van der Waals surface area contributed by atoms with Gasteiger partial charge in [0.05, 0.1) is 6.04 Å². The number of benzene rings is 3. The lowest BCUT2D eigenvalue weighted by Gasteiger charge is -2.15. The molecule has 1 atom stereocenters. The van der Waals surface area contributed by atoms with Crippen LogP contribution in [0.5, 0.6) is 0 Å². The first-order chi connectivity index (χ1) is 13.0. The Balaban J connectivity index is 1.68. The number of carbonyl (C=O) groups is 2. The summed E-state index contributed by atoms with van der Waals surface area (Å²) in [6.45, 7) is 1.91. The lowest BCUT2D eigenvalue weighted by atomic mass is 10.1. The first-order valence-electron chi connectivity index (χ1n) is 8.56. The molecule has 0 aromatic heterocycles. The van der Waals surface area contributed by atoms with Crippen molar-refractivity contribution in [1.29, 1.82) is 0 Å². The fourth-order valence-electron chi connectivity index (χ4n) is 2.65. The van der Waals surface area contributed by atoms with Gasteiger partial charge in [-0.1, -0.05) is 36.4 Å². The Hall–Kier alpha value is -3.47. The molecule has 4 nitrogen and oxygen atoms in total. The molecule has 2 amide bonds. The maximum atomic E-state index is 13.0. The van der Waals surface area contributed by atoms with Crippen molar-refractivity contribution in [3.63, 3.8) is 0 Å². The Morgan fingerprint density at radius 1 is 0.815 bits per heavy atom. The molecule has 136 valence electrons. The van der Waals surface area contributed by atoms with E-state index in [2.05, 4.69) is 10.6 Å². The van der Waals surface area contributed by atoms with E-state index in [0.717, 1.165) is 5.56 Å². The monoisotopic (exact) mass is 362 g/mol. The molecule has 27 heavy (non-hydrogen) atoms. The molecule has 0 saturated carbocycles. The van der Waals surface area contributed by atoms with Crippen LogP contribution in [0.3, 0.4) is 0 Å². The number of carbonyl (C=O) groups excluding carboxylic acids is 2. The van der Waals surface area contributed by atoms with Crippen LogP contribution >= 0.6 is 0 Å². The summed E-state index contributed by atoms with van der Waals surface area (Å²) in [7, 11) is 0. The van der Waals surface area contributed by atoms with Crippen LogP contribution in [0.1, 0.15) is 39.2 Å². The number of hydrogen-bond acceptors (Lipinski definition) is 2. The van der Waals surface area contributed by atoms with Crippen LogP contribution in [0.25, 0.3) is 0 Å². The van der Waals surface area contributed by atoms with Gasteiger partial charge in [-0.3, -0.25) is 9.59 Å². The van der Waals surface area contributed by atoms with Crippen molar-refractivity contribution in [3.8, 4) is 0 Å².